The van der Waals surface area contributed by atoms with Crippen molar-refractivity contribution in [1.29, 1.82) is 0 Å². The van der Waals surface area contributed by atoms with Crippen LogP contribution in [0.4, 0.5) is 0 Å². The lowest BCUT2D eigenvalue weighted by atomic mass is 10.1. The molecule has 0 aliphatic carbocycles. The molecule has 0 aliphatic heterocycles. The molecule has 0 aliphatic rings. The molecule has 0 unspecified atom stereocenters. The molecule has 0 fully saturated rings. The molecule has 0 N–H and O–H groups in total. The van der Waals surface area contributed by atoms with Gasteiger partial charge in [-0.2, -0.15) is 0 Å². The fraction of sp³-hybridized carbons (Fsp3) is 0.929. The van der Waals surface area contributed by atoms with Crippen molar-refractivity contribution < 1.29 is 28.4 Å². The average Bonchev–Trinajstić information content (AvgIpc) is 2.88. The van der Waals surface area contributed by atoms with Gasteiger partial charge in [0.15, 0.2) is 0 Å². The van der Waals surface area contributed by atoms with E-state index in [4.69, 9.17) is 28.4 Å². The second kappa shape index (κ2) is 22.9. The van der Waals surface area contributed by atoms with E-state index >= 15 is 0 Å². The largest absolute Gasteiger partial charge is 0.331 e. The van der Waals surface area contributed by atoms with Crippen molar-refractivity contribution in [1.82, 2.24) is 0 Å². The maximum atomic E-state index is 5.33. The predicted octanol–water partition coefficient (Wildman–Crippen LogP) is 7.75. The third-order valence-corrected chi connectivity index (χ3v) is 6.74. The molecule has 0 saturated heterocycles. The summed E-state index contributed by atoms with van der Waals surface area (Å²) in [5, 5.41) is 0. The summed E-state index contributed by atoms with van der Waals surface area (Å²) in [4.78, 5) is 0. The van der Waals surface area contributed by atoms with E-state index in [0.29, 0.717) is 0 Å². The van der Waals surface area contributed by atoms with Crippen LogP contribution in [-0.2, 0) is 28.4 Å². The van der Waals surface area contributed by atoms with Crippen LogP contribution in [0, 0.1) is 0 Å². The maximum Gasteiger partial charge on any atom is 0.282 e. The fourth-order valence-electron chi connectivity index (χ4n) is 4.32. The molecule has 6 nitrogen and oxygen atoms in total. The summed E-state index contributed by atoms with van der Waals surface area (Å²) in [6, 6.07) is 0. The molecule has 0 aromatic heterocycles. The predicted molar refractivity (Wildman–Crippen MR) is 140 cm³/mol. The molecule has 0 amide bonds. The van der Waals surface area contributed by atoms with Crippen LogP contribution in [0.3, 0.4) is 0 Å². The Bertz CT molecular complexity index is 390. The molecular formula is C28H56O6. The van der Waals surface area contributed by atoms with Gasteiger partial charge in [-0.15, -0.1) is 0 Å². The second-order valence-electron chi connectivity index (χ2n) is 9.09. The van der Waals surface area contributed by atoms with Gasteiger partial charge in [0, 0.05) is 55.5 Å². The molecule has 0 aromatic rings. The zero-order valence-electron chi connectivity index (χ0n) is 23.3. The van der Waals surface area contributed by atoms with E-state index in [0.717, 1.165) is 25.7 Å². The molecule has 6 heteroatoms. The minimum Gasteiger partial charge on any atom is -0.331 e. The zero-order valence-corrected chi connectivity index (χ0v) is 23.3. The van der Waals surface area contributed by atoms with Crippen LogP contribution >= 0.6 is 0 Å². The normalized spacial score (nSPS) is 12.8. The van der Waals surface area contributed by atoms with Gasteiger partial charge in [0.05, 0.1) is 0 Å². The highest BCUT2D eigenvalue weighted by atomic mass is 16.9. The van der Waals surface area contributed by atoms with Gasteiger partial charge >= 0.3 is 0 Å². The van der Waals surface area contributed by atoms with E-state index < -0.39 is 11.9 Å². The third-order valence-electron chi connectivity index (χ3n) is 6.74. The summed E-state index contributed by atoms with van der Waals surface area (Å²) in [6.45, 7) is 0. The highest BCUT2D eigenvalue weighted by molar-refractivity contribution is 4.81. The van der Waals surface area contributed by atoms with Gasteiger partial charge in [0.25, 0.3) is 11.9 Å². The van der Waals surface area contributed by atoms with Gasteiger partial charge in [0.2, 0.25) is 0 Å². The standard InChI is InChI=1S/C28H56O6/c1-29-27(30-2,31-3)25-23-21-19-17-15-13-11-9-7-8-10-12-14-16-18-20-22-24-26-28(32-4,33-5)34-6/h7-8H,9-26H2,1-6H3. The van der Waals surface area contributed by atoms with Gasteiger partial charge in [-0.3, -0.25) is 0 Å². The third kappa shape index (κ3) is 16.2. The summed E-state index contributed by atoms with van der Waals surface area (Å²) in [5.41, 5.74) is 0. The van der Waals surface area contributed by atoms with Gasteiger partial charge in [-0.25, -0.2) is 0 Å². The van der Waals surface area contributed by atoms with Crippen LogP contribution in [0.2, 0.25) is 0 Å². The van der Waals surface area contributed by atoms with Crippen LogP contribution < -0.4 is 0 Å². The quantitative estimate of drug-likeness (QED) is 0.0705. The Labute approximate surface area is 211 Å². The first-order valence-electron chi connectivity index (χ1n) is 13.5. The van der Waals surface area contributed by atoms with Gasteiger partial charge < -0.3 is 28.4 Å². The van der Waals surface area contributed by atoms with E-state index in [1.807, 2.05) is 0 Å². The number of methoxy groups -OCH3 is 6. The van der Waals surface area contributed by atoms with Crippen LogP contribution in [0.25, 0.3) is 0 Å². The molecule has 0 spiro atoms. The first kappa shape index (κ1) is 33.5. The number of hydrogen-bond acceptors (Lipinski definition) is 6. The van der Waals surface area contributed by atoms with Gasteiger partial charge in [-0.05, 0) is 38.5 Å². The number of ether oxygens (including phenoxy) is 6. The molecule has 0 atom stereocenters. The van der Waals surface area contributed by atoms with Crippen molar-refractivity contribution in [2.45, 2.75) is 128 Å². The van der Waals surface area contributed by atoms with E-state index in [1.54, 1.807) is 42.7 Å². The van der Waals surface area contributed by atoms with Crippen LogP contribution in [0.5, 0.6) is 0 Å². The Balaban J connectivity index is 3.39. The lowest BCUT2D eigenvalue weighted by Crippen LogP contribution is -2.35. The number of hydrogen-bond donors (Lipinski definition) is 0. The first-order chi connectivity index (χ1) is 16.6. The molecule has 0 rings (SSSR count). The van der Waals surface area contributed by atoms with Gasteiger partial charge in [0.1, 0.15) is 0 Å². The van der Waals surface area contributed by atoms with Crippen molar-refractivity contribution in [3.8, 4) is 0 Å². The lowest BCUT2D eigenvalue weighted by molar-refractivity contribution is -0.355. The second-order valence-corrected chi connectivity index (χ2v) is 9.09. The fourth-order valence-corrected chi connectivity index (χ4v) is 4.32. The Morgan fingerprint density at radius 1 is 0.353 bits per heavy atom. The van der Waals surface area contributed by atoms with E-state index in [1.165, 1.54) is 89.9 Å². The first-order valence-corrected chi connectivity index (χ1v) is 13.5. The molecule has 0 aromatic carbocycles. The van der Waals surface area contributed by atoms with E-state index in [2.05, 4.69) is 12.2 Å². The van der Waals surface area contributed by atoms with Crippen molar-refractivity contribution in [2.24, 2.45) is 0 Å². The van der Waals surface area contributed by atoms with E-state index in [-0.39, 0.29) is 0 Å². The van der Waals surface area contributed by atoms with Crippen LogP contribution in [-0.4, -0.2) is 54.6 Å². The summed E-state index contributed by atoms with van der Waals surface area (Å²) in [6.07, 6.45) is 26.5. The molecule has 0 bridgehead atoms. The summed E-state index contributed by atoms with van der Waals surface area (Å²) >= 11 is 0. The molecule has 204 valence electrons. The highest BCUT2D eigenvalue weighted by Crippen LogP contribution is 2.22. The number of unbranched alkanes of at least 4 members (excludes halogenated alkanes) is 14. The van der Waals surface area contributed by atoms with Crippen molar-refractivity contribution >= 4 is 0 Å². The topological polar surface area (TPSA) is 55.4 Å². The Morgan fingerprint density at radius 3 is 0.853 bits per heavy atom. The number of rotatable bonds is 26. The van der Waals surface area contributed by atoms with Crippen molar-refractivity contribution in [3.63, 3.8) is 0 Å². The van der Waals surface area contributed by atoms with Crippen LogP contribution in [0.15, 0.2) is 12.2 Å². The minimum atomic E-state index is -0.861. The van der Waals surface area contributed by atoms with Gasteiger partial charge in [-0.1, -0.05) is 76.4 Å². The van der Waals surface area contributed by atoms with Crippen molar-refractivity contribution in [3.05, 3.63) is 12.2 Å². The number of allylic oxidation sites excluding steroid dienone is 2. The molecule has 0 heterocycles. The zero-order chi connectivity index (χ0) is 25.4. The lowest BCUT2D eigenvalue weighted by Gasteiger charge is -2.28. The van der Waals surface area contributed by atoms with Crippen LogP contribution in [0.1, 0.15) is 116 Å². The molecule has 0 saturated carbocycles. The SMILES string of the molecule is COC(CCCCCCCCCC=CCCCCCCCCCC(OC)(OC)OC)(OC)OC. The molecule has 0 radical (unpaired) electrons. The monoisotopic (exact) mass is 488 g/mol. The summed E-state index contributed by atoms with van der Waals surface area (Å²) in [5.74, 6) is -1.72. The van der Waals surface area contributed by atoms with E-state index in [9.17, 15) is 0 Å². The average molecular weight is 489 g/mol. The molecular weight excluding hydrogens is 432 g/mol. The Kier molecular flexibility index (Phi) is 22.6. The summed E-state index contributed by atoms with van der Waals surface area (Å²) in [7, 11) is 9.78. The van der Waals surface area contributed by atoms with Crippen molar-refractivity contribution in [2.75, 3.05) is 42.7 Å². The Hall–Kier alpha value is -0.500. The molecule has 34 heavy (non-hydrogen) atoms. The summed E-state index contributed by atoms with van der Waals surface area (Å²) < 4.78 is 32.0. The maximum absolute atomic E-state index is 5.33. The Morgan fingerprint density at radius 2 is 0.588 bits per heavy atom. The minimum absolute atomic E-state index is 0.778. The smallest absolute Gasteiger partial charge is 0.282 e. The highest BCUT2D eigenvalue weighted by Gasteiger charge is 2.29.